The molecular formula is C24H18ClN3O3. The standard InChI is InChI=1S/C24H18ClN3O3/c1-14(2)30-24(29)18-12-15(7-9-19(18)25)22-10-8-17(31-22)11-16(13-26)23-27-20-5-3-4-6-21(20)28-23/h3-12,14H,1-2H3,(H,27,28)/b16-11+. The number of hydrogen-bond donors (Lipinski definition) is 1. The molecule has 0 atom stereocenters. The zero-order chi connectivity index (χ0) is 22.0. The molecule has 0 spiro atoms. The lowest BCUT2D eigenvalue weighted by Gasteiger charge is -2.10. The number of hydrogen-bond acceptors (Lipinski definition) is 5. The molecule has 7 heteroatoms. The van der Waals surface area contributed by atoms with Gasteiger partial charge in [-0.15, -0.1) is 0 Å². The van der Waals surface area contributed by atoms with Crippen molar-refractivity contribution in [1.82, 2.24) is 9.97 Å². The molecule has 6 nitrogen and oxygen atoms in total. The lowest BCUT2D eigenvalue weighted by molar-refractivity contribution is 0.0378. The fraction of sp³-hybridized carbons (Fsp3) is 0.125. The minimum Gasteiger partial charge on any atom is -0.459 e. The average molecular weight is 432 g/mol. The van der Waals surface area contributed by atoms with Crippen LogP contribution in [0.4, 0.5) is 0 Å². The maximum Gasteiger partial charge on any atom is 0.339 e. The van der Waals surface area contributed by atoms with Gasteiger partial charge in [-0.1, -0.05) is 23.7 Å². The van der Waals surface area contributed by atoms with Crippen molar-refractivity contribution in [3.8, 4) is 17.4 Å². The van der Waals surface area contributed by atoms with Gasteiger partial charge in [0.1, 0.15) is 23.4 Å². The van der Waals surface area contributed by atoms with Crippen molar-refractivity contribution in [3.63, 3.8) is 0 Å². The highest BCUT2D eigenvalue weighted by molar-refractivity contribution is 6.33. The Labute approximate surface area is 183 Å². The van der Waals surface area contributed by atoms with E-state index in [2.05, 4.69) is 16.0 Å². The molecule has 2 aromatic heterocycles. The van der Waals surface area contributed by atoms with Gasteiger partial charge in [0, 0.05) is 11.6 Å². The number of allylic oxidation sites excluding steroid dienone is 1. The molecule has 0 aliphatic heterocycles. The zero-order valence-corrected chi connectivity index (χ0v) is 17.6. The van der Waals surface area contributed by atoms with E-state index in [4.69, 9.17) is 20.8 Å². The van der Waals surface area contributed by atoms with Gasteiger partial charge >= 0.3 is 5.97 Å². The van der Waals surface area contributed by atoms with E-state index in [1.54, 1.807) is 50.3 Å². The largest absolute Gasteiger partial charge is 0.459 e. The summed E-state index contributed by atoms with van der Waals surface area (Å²) in [4.78, 5) is 19.9. The van der Waals surface area contributed by atoms with Crippen LogP contribution in [0.2, 0.25) is 5.02 Å². The number of nitriles is 1. The number of rotatable bonds is 5. The zero-order valence-electron chi connectivity index (χ0n) is 16.8. The summed E-state index contributed by atoms with van der Waals surface area (Å²) in [5.41, 5.74) is 2.90. The monoisotopic (exact) mass is 431 g/mol. The summed E-state index contributed by atoms with van der Waals surface area (Å²) < 4.78 is 11.1. The third kappa shape index (κ3) is 4.37. The van der Waals surface area contributed by atoms with E-state index in [1.807, 2.05) is 24.3 Å². The predicted octanol–water partition coefficient (Wildman–Crippen LogP) is 6.11. The Morgan fingerprint density at radius 3 is 2.77 bits per heavy atom. The number of imidazole rings is 1. The van der Waals surface area contributed by atoms with Crippen LogP contribution in [-0.4, -0.2) is 22.0 Å². The maximum absolute atomic E-state index is 12.3. The minimum absolute atomic E-state index is 0.254. The van der Waals surface area contributed by atoms with Crippen molar-refractivity contribution >= 4 is 40.3 Å². The normalized spacial score (nSPS) is 11.6. The van der Waals surface area contributed by atoms with E-state index in [1.165, 1.54) is 0 Å². The van der Waals surface area contributed by atoms with Crippen molar-refractivity contribution in [3.05, 3.63) is 76.8 Å². The molecule has 0 saturated heterocycles. The van der Waals surface area contributed by atoms with Gasteiger partial charge in [-0.05, 0) is 56.3 Å². The molecule has 4 aromatic rings. The number of benzene rings is 2. The Morgan fingerprint density at radius 2 is 2.03 bits per heavy atom. The minimum atomic E-state index is -0.495. The number of H-pyrrole nitrogens is 1. The molecule has 0 bridgehead atoms. The second-order valence-electron chi connectivity index (χ2n) is 7.12. The first-order valence-corrected chi connectivity index (χ1v) is 10.00. The topological polar surface area (TPSA) is 91.9 Å². The highest BCUT2D eigenvalue weighted by Gasteiger charge is 2.16. The van der Waals surface area contributed by atoms with Crippen LogP contribution in [-0.2, 0) is 4.74 Å². The molecule has 0 radical (unpaired) electrons. The van der Waals surface area contributed by atoms with Gasteiger partial charge < -0.3 is 14.1 Å². The number of carbonyl (C=O) groups is 1. The Morgan fingerprint density at radius 1 is 1.23 bits per heavy atom. The molecular weight excluding hydrogens is 414 g/mol. The third-order valence-corrected chi connectivity index (χ3v) is 4.82. The number of furan rings is 1. The van der Waals surface area contributed by atoms with Crippen LogP contribution in [0.15, 0.2) is 59.0 Å². The van der Waals surface area contributed by atoms with Crippen molar-refractivity contribution < 1.29 is 13.9 Å². The molecule has 0 unspecified atom stereocenters. The van der Waals surface area contributed by atoms with Gasteiger partial charge in [0.05, 0.1) is 33.3 Å². The van der Waals surface area contributed by atoms with Gasteiger partial charge in [-0.3, -0.25) is 0 Å². The highest BCUT2D eigenvalue weighted by atomic mass is 35.5. The van der Waals surface area contributed by atoms with E-state index in [-0.39, 0.29) is 11.7 Å². The van der Waals surface area contributed by atoms with E-state index >= 15 is 0 Å². The number of nitrogens with zero attached hydrogens (tertiary/aromatic N) is 2. The molecule has 1 N–H and O–H groups in total. The van der Waals surface area contributed by atoms with Crippen LogP contribution < -0.4 is 0 Å². The van der Waals surface area contributed by atoms with Gasteiger partial charge in [0.2, 0.25) is 0 Å². The SMILES string of the molecule is CC(C)OC(=O)c1cc(-c2ccc(/C=C(\C#N)c3nc4ccccc4[nH]3)o2)ccc1Cl. The second kappa shape index (κ2) is 8.50. The molecule has 2 heterocycles. The quantitative estimate of drug-likeness (QED) is 0.304. The lowest BCUT2D eigenvalue weighted by Crippen LogP contribution is -2.12. The van der Waals surface area contributed by atoms with Crippen molar-refractivity contribution in [2.24, 2.45) is 0 Å². The number of aromatic amines is 1. The summed E-state index contributed by atoms with van der Waals surface area (Å²) in [6, 6.07) is 18.2. The first-order valence-electron chi connectivity index (χ1n) is 9.62. The van der Waals surface area contributed by atoms with E-state index < -0.39 is 5.97 Å². The third-order valence-electron chi connectivity index (χ3n) is 4.49. The summed E-state index contributed by atoms with van der Waals surface area (Å²) in [5.74, 6) is 0.980. The molecule has 0 aliphatic carbocycles. The smallest absolute Gasteiger partial charge is 0.339 e. The van der Waals surface area contributed by atoms with Crippen molar-refractivity contribution in [1.29, 1.82) is 5.26 Å². The fourth-order valence-electron chi connectivity index (χ4n) is 3.07. The predicted molar refractivity (Wildman–Crippen MR) is 119 cm³/mol. The molecule has 0 saturated carbocycles. The number of halogens is 1. The number of aromatic nitrogens is 2. The lowest BCUT2D eigenvalue weighted by atomic mass is 10.1. The molecule has 2 aromatic carbocycles. The number of esters is 1. The summed E-state index contributed by atoms with van der Waals surface area (Å²) in [5, 5.41) is 9.91. The van der Waals surface area contributed by atoms with Crippen LogP contribution in [0, 0.1) is 11.3 Å². The summed E-state index contributed by atoms with van der Waals surface area (Å²) in [6.45, 7) is 3.55. The summed E-state index contributed by atoms with van der Waals surface area (Å²) in [7, 11) is 0. The van der Waals surface area contributed by atoms with Crippen LogP contribution in [0.25, 0.3) is 34.0 Å². The Bertz CT molecular complexity index is 1310. The van der Waals surface area contributed by atoms with Crippen molar-refractivity contribution in [2.75, 3.05) is 0 Å². The number of nitrogens with one attached hydrogen (secondary N) is 1. The Balaban J connectivity index is 1.64. The van der Waals surface area contributed by atoms with Crippen LogP contribution in [0.3, 0.4) is 0 Å². The van der Waals surface area contributed by atoms with Crippen LogP contribution in [0.1, 0.15) is 35.8 Å². The van der Waals surface area contributed by atoms with Gasteiger partial charge in [0.25, 0.3) is 0 Å². The van der Waals surface area contributed by atoms with E-state index in [0.29, 0.717) is 33.5 Å². The molecule has 0 aliphatic rings. The van der Waals surface area contributed by atoms with Crippen LogP contribution >= 0.6 is 11.6 Å². The maximum atomic E-state index is 12.3. The molecule has 31 heavy (non-hydrogen) atoms. The van der Waals surface area contributed by atoms with E-state index in [0.717, 1.165) is 11.0 Å². The number of para-hydroxylation sites is 2. The van der Waals surface area contributed by atoms with Crippen LogP contribution in [0.5, 0.6) is 0 Å². The molecule has 154 valence electrons. The van der Waals surface area contributed by atoms with Gasteiger partial charge in [-0.2, -0.15) is 5.26 Å². The van der Waals surface area contributed by atoms with E-state index in [9.17, 15) is 10.1 Å². The summed E-state index contributed by atoms with van der Waals surface area (Å²) in [6.07, 6.45) is 1.36. The molecule has 0 amide bonds. The average Bonchev–Trinajstić information content (AvgIpc) is 3.38. The fourth-order valence-corrected chi connectivity index (χ4v) is 3.27. The number of carbonyl (C=O) groups excluding carboxylic acids is 1. The summed E-state index contributed by atoms with van der Waals surface area (Å²) >= 11 is 6.17. The van der Waals surface area contributed by atoms with Crippen molar-refractivity contribution in [2.45, 2.75) is 20.0 Å². The number of fused-ring (bicyclic) bond motifs is 1. The van der Waals surface area contributed by atoms with Gasteiger partial charge in [-0.25, -0.2) is 9.78 Å². The first-order chi connectivity index (χ1) is 14.9. The molecule has 0 fully saturated rings. The highest BCUT2D eigenvalue weighted by Crippen LogP contribution is 2.29. The molecule has 4 rings (SSSR count). The number of ether oxygens (including phenoxy) is 1. The Hall–Kier alpha value is -3.82. The second-order valence-corrected chi connectivity index (χ2v) is 7.53. The Kier molecular flexibility index (Phi) is 5.61. The first kappa shape index (κ1) is 20.5. The van der Waals surface area contributed by atoms with Gasteiger partial charge in [0.15, 0.2) is 0 Å².